The van der Waals surface area contributed by atoms with E-state index < -0.39 is 6.04 Å². The summed E-state index contributed by atoms with van der Waals surface area (Å²) >= 11 is 0. The highest BCUT2D eigenvalue weighted by atomic mass is 19.1. The fourth-order valence-corrected chi connectivity index (χ4v) is 4.52. The zero-order chi connectivity index (χ0) is 26.7. The van der Waals surface area contributed by atoms with Crippen LogP contribution in [-0.4, -0.2) is 38.6 Å². The molecule has 194 valence electrons. The number of halogens is 1. The summed E-state index contributed by atoms with van der Waals surface area (Å²) in [5.41, 5.74) is 8.38. The Hall–Kier alpha value is -3.85. The van der Waals surface area contributed by atoms with Crippen molar-refractivity contribution in [3.63, 3.8) is 0 Å². The SMILES string of the molecule is Cc1ccc(C(=O)N(CCCN)[C@H](c2nc3onc(C)c3c(=O)n2Cc2ccc(F)cc2)C(C)C)cc1. The number of benzene rings is 2. The molecule has 9 heteroatoms. The third kappa shape index (κ3) is 5.46. The monoisotopic (exact) mass is 505 g/mol. The zero-order valence-electron chi connectivity index (χ0n) is 21.6. The van der Waals surface area contributed by atoms with E-state index in [1.807, 2.05) is 32.9 Å². The number of hydrogen-bond acceptors (Lipinski definition) is 6. The number of rotatable bonds is 9. The number of aromatic nitrogens is 3. The molecule has 2 aromatic carbocycles. The Morgan fingerprint density at radius 2 is 1.78 bits per heavy atom. The van der Waals surface area contributed by atoms with Gasteiger partial charge in [0.2, 0.25) is 0 Å². The fourth-order valence-electron chi connectivity index (χ4n) is 4.52. The second kappa shape index (κ2) is 11.0. The smallest absolute Gasteiger partial charge is 0.267 e. The summed E-state index contributed by atoms with van der Waals surface area (Å²) in [6.07, 6.45) is 0.576. The van der Waals surface area contributed by atoms with Crippen LogP contribution >= 0.6 is 0 Å². The van der Waals surface area contributed by atoms with Crippen molar-refractivity contribution in [2.24, 2.45) is 11.7 Å². The van der Waals surface area contributed by atoms with Crippen LogP contribution in [0.5, 0.6) is 0 Å². The van der Waals surface area contributed by atoms with E-state index in [-0.39, 0.29) is 40.8 Å². The van der Waals surface area contributed by atoms with Gasteiger partial charge in [-0.1, -0.05) is 48.8 Å². The topological polar surface area (TPSA) is 107 Å². The van der Waals surface area contributed by atoms with E-state index in [0.717, 1.165) is 11.1 Å². The molecule has 0 radical (unpaired) electrons. The molecule has 0 aliphatic carbocycles. The average Bonchev–Trinajstić information content (AvgIpc) is 3.25. The molecule has 0 fully saturated rings. The van der Waals surface area contributed by atoms with Crippen LogP contribution in [0.2, 0.25) is 0 Å². The molecule has 2 aromatic heterocycles. The first-order valence-corrected chi connectivity index (χ1v) is 12.4. The van der Waals surface area contributed by atoms with E-state index in [4.69, 9.17) is 15.2 Å². The van der Waals surface area contributed by atoms with Crippen LogP contribution in [0.25, 0.3) is 11.1 Å². The Balaban J connectivity index is 1.90. The highest BCUT2D eigenvalue weighted by molar-refractivity contribution is 5.94. The molecule has 0 aliphatic heterocycles. The van der Waals surface area contributed by atoms with Crippen LogP contribution in [0.3, 0.4) is 0 Å². The van der Waals surface area contributed by atoms with Gasteiger partial charge in [-0.25, -0.2) is 4.39 Å². The molecule has 0 saturated carbocycles. The Morgan fingerprint density at radius 1 is 1.11 bits per heavy atom. The summed E-state index contributed by atoms with van der Waals surface area (Å²) in [6, 6.07) is 12.8. The lowest BCUT2D eigenvalue weighted by molar-refractivity contribution is 0.0602. The van der Waals surface area contributed by atoms with Crippen molar-refractivity contribution in [2.75, 3.05) is 13.1 Å². The minimum Gasteiger partial charge on any atom is -0.335 e. The molecule has 2 heterocycles. The normalized spacial score (nSPS) is 12.3. The van der Waals surface area contributed by atoms with Crippen molar-refractivity contribution < 1.29 is 13.7 Å². The van der Waals surface area contributed by atoms with E-state index in [1.165, 1.54) is 12.1 Å². The Bertz CT molecular complexity index is 1440. The Kier molecular flexibility index (Phi) is 7.83. The second-order valence-corrected chi connectivity index (χ2v) is 9.63. The van der Waals surface area contributed by atoms with Gasteiger partial charge in [0.15, 0.2) is 0 Å². The van der Waals surface area contributed by atoms with Crippen molar-refractivity contribution in [3.8, 4) is 0 Å². The molecule has 1 amide bonds. The van der Waals surface area contributed by atoms with Gasteiger partial charge in [-0.15, -0.1) is 0 Å². The Labute approximate surface area is 214 Å². The first-order valence-electron chi connectivity index (χ1n) is 12.4. The number of carbonyl (C=O) groups excluding carboxylic acids is 1. The lowest BCUT2D eigenvalue weighted by Gasteiger charge is -2.35. The first kappa shape index (κ1) is 26.2. The van der Waals surface area contributed by atoms with Gasteiger partial charge in [0.25, 0.3) is 17.2 Å². The Morgan fingerprint density at radius 3 is 2.41 bits per heavy atom. The fraction of sp³-hybridized carbons (Fsp3) is 0.357. The number of hydrogen-bond donors (Lipinski definition) is 1. The van der Waals surface area contributed by atoms with Crippen molar-refractivity contribution >= 4 is 17.0 Å². The second-order valence-electron chi connectivity index (χ2n) is 9.63. The predicted octanol–water partition coefficient (Wildman–Crippen LogP) is 4.38. The molecule has 0 bridgehead atoms. The minimum absolute atomic E-state index is 0.111. The molecule has 4 aromatic rings. The number of amides is 1. The third-order valence-corrected chi connectivity index (χ3v) is 6.44. The van der Waals surface area contributed by atoms with Gasteiger partial charge in [0.05, 0.1) is 18.3 Å². The molecule has 37 heavy (non-hydrogen) atoms. The first-order chi connectivity index (χ1) is 17.7. The molecule has 0 saturated heterocycles. The molecule has 1 atom stereocenters. The van der Waals surface area contributed by atoms with Crippen LogP contribution in [-0.2, 0) is 6.54 Å². The maximum absolute atomic E-state index is 13.8. The highest BCUT2D eigenvalue weighted by Gasteiger charge is 2.33. The summed E-state index contributed by atoms with van der Waals surface area (Å²) in [6.45, 7) is 8.54. The minimum atomic E-state index is -0.566. The lowest BCUT2D eigenvalue weighted by Crippen LogP contribution is -2.42. The molecule has 4 rings (SSSR count). The number of aryl methyl sites for hydroxylation is 2. The van der Waals surface area contributed by atoms with E-state index >= 15 is 0 Å². The average molecular weight is 506 g/mol. The van der Waals surface area contributed by atoms with E-state index in [2.05, 4.69) is 5.16 Å². The van der Waals surface area contributed by atoms with Crippen molar-refractivity contribution in [3.05, 3.63) is 92.9 Å². The van der Waals surface area contributed by atoms with Gasteiger partial charge in [-0.2, -0.15) is 4.98 Å². The molecule has 0 aliphatic rings. The molecule has 2 N–H and O–H groups in total. The van der Waals surface area contributed by atoms with Gasteiger partial charge in [-0.3, -0.25) is 14.2 Å². The predicted molar refractivity (Wildman–Crippen MR) is 140 cm³/mol. The van der Waals surface area contributed by atoms with Gasteiger partial charge in [0.1, 0.15) is 17.0 Å². The largest absolute Gasteiger partial charge is 0.335 e. The van der Waals surface area contributed by atoms with Crippen LogP contribution in [0.1, 0.15) is 59.3 Å². The standard InChI is InChI=1S/C28H32FN5O3/c1-17(2)24(33(15-5-14-30)27(35)21-10-6-18(3)7-11-21)25-31-26-23(19(4)32-37-26)28(36)34(25)16-20-8-12-22(29)13-9-20/h6-13,17,24H,5,14-16,30H2,1-4H3/t24-/m0/s1. The van der Waals surface area contributed by atoms with Gasteiger partial charge in [-0.05, 0) is 62.6 Å². The van der Waals surface area contributed by atoms with Gasteiger partial charge >= 0.3 is 0 Å². The summed E-state index contributed by atoms with van der Waals surface area (Å²) in [4.78, 5) is 34.1. The third-order valence-electron chi connectivity index (χ3n) is 6.44. The van der Waals surface area contributed by atoms with Crippen molar-refractivity contribution in [1.29, 1.82) is 0 Å². The van der Waals surface area contributed by atoms with Crippen LogP contribution < -0.4 is 11.3 Å². The number of carbonyl (C=O) groups is 1. The van der Waals surface area contributed by atoms with Crippen LogP contribution in [0.15, 0.2) is 57.8 Å². The molecular formula is C28H32FN5O3. The quantitative estimate of drug-likeness (QED) is 0.362. The van der Waals surface area contributed by atoms with E-state index in [9.17, 15) is 14.0 Å². The number of nitrogens with zero attached hydrogens (tertiary/aromatic N) is 4. The van der Waals surface area contributed by atoms with Crippen molar-refractivity contribution in [1.82, 2.24) is 19.6 Å². The molecule has 8 nitrogen and oxygen atoms in total. The summed E-state index contributed by atoms with van der Waals surface area (Å²) in [5.74, 6) is -0.273. The zero-order valence-corrected chi connectivity index (χ0v) is 21.6. The number of fused-ring (bicyclic) bond motifs is 1. The molecule has 0 spiro atoms. The maximum atomic E-state index is 13.8. The summed E-state index contributed by atoms with van der Waals surface area (Å²) < 4.78 is 20.5. The lowest BCUT2D eigenvalue weighted by atomic mass is 9.98. The summed E-state index contributed by atoms with van der Waals surface area (Å²) in [7, 11) is 0. The van der Waals surface area contributed by atoms with Crippen LogP contribution in [0.4, 0.5) is 4.39 Å². The van der Waals surface area contributed by atoms with Crippen molar-refractivity contribution in [2.45, 2.75) is 46.7 Å². The van der Waals surface area contributed by atoms with E-state index in [1.54, 1.807) is 40.7 Å². The van der Waals surface area contributed by atoms with Gasteiger partial charge in [0, 0.05) is 12.1 Å². The molecular weight excluding hydrogens is 473 g/mol. The highest BCUT2D eigenvalue weighted by Crippen LogP contribution is 2.30. The van der Waals surface area contributed by atoms with Crippen LogP contribution in [0, 0.1) is 25.6 Å². The number of nitrogens with two attached hydrogens (primary N) is 1. The van der Waals surface area contributed by atoms with Gasteiger partial charge < -0.3 is 15.2 Å². The summed E-state index contributed by atoms with van der Waals surface area (Å²) in [5, 5.41) is 4.23. The maximum Gasteiger partial charge on any atom is 0.267 e. The van der Waals surface area contributed by atoms with E-state index in [0.29, 0.717) is 36.6 Å². The molecule has 0 unspecified atom stereocenters.